The molecule has 0 bridgehead atoms. The summed E-state index contributed by atoms with van der Waals surface area (Å²) in [6, 6.07) is 11.8. The van der Waals surface area contributed by atoms with E-state index in [1.54, 1.807) is 0 Å². The molecule has 5 heteroatoms. The number of benzene rings is 2. The van der Waals surface area contributed by atoms with Crippen LogP contribution in [0, 0.1) is 0 Å². The van der Waals surface area contributed by atoms with E-state index in [4.69, 9.17) is 4.42 Å². The second kappa shape index (κ2) is 5.68. The van der Waals surface area contributed by atoms with Gasteiger partial charge in [0.05, 0.1) is 0 Å². The van der Waals surface area contributed by atoms with Gasteiger partial charge in [-0.05, 0) is 13.8 Å². The molecule has 0 aliphatic heterocycles. The predicted molar refractivity (Wildman–Crippen MR) is 90.0 cm³/mol. The summed E-state index contributed by atoms with van der Waals surface area (Å²) in [4.78, 5) is 12.4. The lowest BCUT2D eigenvalue weighted by molar-refractivity contribution is 0.455. The van der Waals surface area contributed by atoms with E-state index < -0.39 is 0 Å². The van der Waals surface area contributed by atoms with Crippen molar-refractivity contribution in [2.75, 3.05) is 5.32 Å². The van der Waals surface area contributed by atoms with Crippen LogP contribution in [0.5, 0.6) is 11.5 Å². The van der Waals surface area contributed by atoms with E-state index >= 15 is 0 Å². The van der Waals surface area contributed by atoms with Gasteiger partial charge in [-0.15, -0.1) is 0 Å². The molecular weight excluding hydrogens is 294 g/mol. The monoisotopic (exact) mass is 311 g/mol. The van der Waals surface area contributed by atoms with Gasteiger partial charge in [-0.2, -0.15) is 0 Å². The van der Waals surface area contributed by atoms with Gasteiger partial charge in [0.1, 0.15) is 28.2 Å². The molecule has 5 nitrogen and oxygen atoms in total. The Kier molecular flexibility index (Phi) is 3.70. The highest BCUT2D eigenvalue weighted by Gasteiger charge is 2.18. The summed E-state index contributed by atoms with van der Waals surface area (Å²) in [7, 11) is 0. The first kappa shape index (κ1) is 15.0. The fourth-order valence-corrected chi connectivity index (χ4v) is 2.46. The van der Waals surface area contributed by atoms with Crippen LogP contribution in [0.25, 0.3) is 22.3 Å². The lowest BCUT2D eigenvalue weighted by Gasteiger charge is -2.15. The zero-order chi connectivity index (χ0) is 16.6. The Hall–Kier alpha value is -2.95. The number of anilines is 1. The lowest BCUT2D eigenvalue weighted by atomic mass is 10.1. The van der Waals surface area contributed by atoms with Crippen molar-refractivity contribution in [2.24, 2.45) is 0 Å². The van der Waals surface area contributed by atoms with Crippen molar-refractivity contribution in [3.05, 3.63) is 52.7 Å². The van der Waals surface area contributed by atoms with E-state index in [1.165, 1.54) is 12.1 Å². The van der Waals surface area contributed by atoms with Crippen LogP contribution in [0.15, 0.2) is 51.7 Å². The minimum Gasteiger partial charge on any atom is -0.505 e. The molecule has 0 spiro atoms. The first-order chi connectivity index (χ1) is 11.0. The predicted octanol–water partition coefficient (Wildman–Crippen LogP) is 3.69. The Morgan fingerprint density at radius 2 is 1.78 bits per heavy atom. The molecule has 23 heavy (non-hydrogen) atoms. The number of aromatic hydroxyl groups is 2. The maximum absolute atomic E-state index is 12.4. The van der Waals surface area contributed by atoms with Crippen molar-refractivity contribution in [1.82, 2.24) is 0 Å². The van der Waals surface area contributed by atoms with Crippen LogP contribution in [0.4, 0.5) is 5.69 Å². The van der Waals surface area contributed by atoms with Gasteiger partial charge in [-0.3, -0.25) is 4.79 Å². The van der Waals surface area contributed by atoms with Crippen LogP contribution in [0.2, 0.25) is 0 Å². The summed E-state index contributed by atoms with van der Waals surface area (Å²) < 4.78 is 5.70. The molecule has 0 aliphatic carbocycles. The summed E-state index contributed by atoms with van der Waals surface area (Å²) in [6.45, 7) is 3.73. The number of fused-ring (bicyclic) bond motifs is 1. The topological polar surface area (TPSA) is 82.7 Å². The van der Waals surface area contributed by atoms with Crippen LogP contribution in [-0.2, 0) is 0 Å². The molecule has 118 valence electrons. The molecule has 3 N–H and O–H groups in total. The average molecular weight is 311 g/mol. The normalized spacial score (nSPS) is 11.1. The van der Waals surface area contributed by atoms with Crippen LogP contribution >= 0.6 is 0 Å². The summed E-state index contributed by atoms with van der Waals surface area (Å²) in [5.74, 6) is -0.0920. The number of hydrogen-bond acceptors (Lipinski definition) is 5. The van der Waals surface area contributed by atoms with Crippen molar-refractivity contribution in [3.63, 3.8) is 0 Å². The van der Waals surface area contributed by atoms with Crippen molar-refractivity contribution >= 4 is 16.7 Å². The fourth-order valence-electron chi connectivity index (χ4n) is 2.46. The first-order valence-electron chi connectivity index (χ1n) is 7.32. The Balaban J connectivity index is 2.25. The van der Waals surface area contributed by atoms with Gasteiger partial charge in [0.15, 0.2) is 11.2 Å². The maximum atomic E-state index is 12.4. The van der Waals surface area contributed by atoms with Crippen LogP contribution in [-0.4, -0.2) is 16.3 Å². The molecule has 1 heterocycles. The maximum Gasteiger partial charge on any atom is 0.197 e. The molecule has 3 aromatic rings. The van der Waals surface area contributed by atoms with Gasteiger partial charge in [0.2, 0.25) is 0 Å². The Morgan fingerprint density at radius 1 is 1.09 bits per heavy atom. The molecule has 0 atom stereocenters. The molecule has 2 aromatic carbocycles. The summed E-state index contributed by atoms with van der Waals surface area (Å²) >= 11 is 0. The van der Waals surface area contributed by atoms with Crippen LogP contribution in [0.3, 0.4) is 0 Å². The van der Waals surface area contributed by atoms with Gasteiger partial charge < -0.3 is 19.9 Å². The largest absolute Gasteiger partial charge is 0.505 e. The summed E-state index contributed by atoms with van der Waals surface area (Å²) in [5, 5.41) is 23.4. The Bertz CT molecular complexity index is 914. The molecule has 0 saturated carbocycles. The molecule has 1 aromatic heterocycles. The first-order valence-corrected chi connectivity index (χ1v) is 7.32. The highest BCUT2D eigenvalue weighted by atomic mass is 16.3. The van der Waals surface area contributed by atoms with Gasteiger partial charge in [-0.25, -0.2) is 0 Å². The van der Waals surface area contributed by atoms with E-state index in [-0.39, 0.29) is 39.6 Å². The third-order valence-electron chi connectivity index (χ3n) is 3.46. The van der Waals surface area contributed by atoms with Gasteiger partial charge in [-0.1, -0.05) is 30.3 Å². The van der Waals surface area contributed by atoms with E-state index in [1.807, 2.05) is 44.2 Å². The standard InChI is InChI=1S/C18H17NO4/c1-10(2)19-17-13(21)9-15-16(18(17)22)12(20)8-14(23-15)11-6-4-3-5-7-11/h3-10,19,21-22H,1-2H3. The number of nitrogens with one attached hydrogen (secondary N) is 1. The number of phenolic OH excluding ortho intramolecular Hbond substituents is 2. The number of rotatable bonds is 3. The van der Waals surface area contributed by atoms with E-state index in [0.29, 0.717) is 5.76 Å². The summed E-state index contributed by atoms with van der Waals surface area (Å²) in [6.07, 6.45) is 0. The summed E-state index contributed by atoms with van der Waals surface area (Å²) in [5.41, 5.74) is 0.650. The molecule has 0 unspecified atom stereocenters. The van der Waals surface area contributed by atoms with Gasteiger partial charge in [0.25, 0.3) is 0 Å². The second-order valence-electron chi connectivity index (χ2n) is 5.63. The molecule has 0 saturated heterocycles. The highest BCUT2D eigenvalue weighted by Crippen LogP contribution is 2.40. The highest BCUT2D eigenvalue weighted by molar-refractivity contribution is 5.93. The minimum atomic E-state index is -0.366. The second-order valence-corrected chi connectivity index (χ2v) is 5.63. The number of phenols is 2. The Labute approximate surface area is 132 Å². The minimum absolute atomic E-state index is 0.0140. The van der Waals surface area contributed by atoms with Crippen LogP contribution < -0.4 is 10.7 Å². The third-order valence-corrected chi connectivity index (χ3v) is 3.46. The molecule has 0 fully saturated rings. The van der Waals surface area contributed by atoms with Crippen LogP contribution in [0.1, 0.15) is 13.8 Å². The molecule has 0 aliphatic rings. The van der Waals surface area contributed by atoms with Gasteiger partial charge >= 0.3 is 0 Å². The fraction of sp³-hybridized carbons (Fsp3) is 0.167. The zero-order valence-electron chi connectivity index (χ0n) is 12.8. The van der Waals surface area contributed by atoms with Crippen molar-refractivity contribution in [3.8, 4) is 22.8 Å². The van der Waals surface area contributed by atoms with Crippen molar-refractivity contribution < 1.29 is 14.6 Å². The number of hydrogen-bond donors (Lipinski definition) is 3. The SMILES string of the molecule is CC(C)Nc1c(O)cc2oc(-c3ccccc3)cc(=O)c2c1O. The molecule has 0 radical (unpaired) electrons. The smallest absolute Gasteiger partial charge is 0.197 e. The lowest BCUT2D eigenvalue weighted by Crippen LogP contribution is -2.11. The average Bonchev–Trinajstić information content (AvgIpc) is 2.51. The molecular formula is C18H17NO4. The van der Waals surface area contributed by atoms with E-state index in [2.05, 4.69) is 5.32 Å². The zero-order valence-corrected chi connectivity index (χ0v) is 12.8. The van der Waals surface area contributed by atoms with Crippen molar-refractivity contribution in [2.45, 2.75) is 19.9 Å². The van der Waals surface area contributed by atoms with E-state index in [9.17, 15) is 15.0 Å². The molecule has 0 amide bonds. The Morgan fingerprint density at radius 3 is 2.43 bits per heavy atom. The van der Waals surface area contributed by atoms with Crippen molar-refractivity contribution in [1.29, 1.82) is 0 Å². The quantitative estimate of drug-likeness (QED) is 0.643. The third kappa shape index (κ3) is 2.73. The molecule has 3 rings (SSSR count). The van der Waals surface area contributed by atoms with E-state index in [0.717, 1.165) is 5.56 Å². The van der Waals surface area contributed by atoms with Gasteiger partial charge in [0, 0.05) is 23.7 Å².